The van der Waals surface area contributed by atoms with Gasteiger partial charge in [0.25, 0.3) is 0 Å². The van der Waals surface area contributed by atoms with Crippen molar-refractivity contribution in [3.8, 4) is 5.75 Å². The van der Waals surface area contributed by atoms with Crippen LogP contribution in [0.15, 0.2) is 24.3 Å². The first-order chi connectivity index (χ1) is 12.6. The van der Waals surface area contributed by atoms with Gasteiger partial charge in [0, 0.05) is 5.92 Å². The first-order valence-electron chi connectivity index (χ1n) is 9.53. The van der Waals surface area contributed by atoms with Gasteiger partial charge in [0.2, 0.25) is 0 Å². The summed E-state index contributed by atoms with van der Waals surface area (Å²) in [6, 6.07) is 6.88. The molecule has 3 rings (SSSR count). The number of unbranched alkanes of at least 4 members (excludes halogenated alkanes) is 1. The van der Waals surface area contributed by atoms with Crippen molar-refractivity contribution < 1.29 is 29.2 Å². The Kier molecular flexibility index (Phi) is 6.51. The fourth-order valence-electron chi connectivity index (χ4n) is 3.88. The summed E-state index contributed by atoms with van der Waals surface area (Å²) in [5, 5.41) is 20.6. The minimum Gasteiger partial charge on any atom is -0.494 e. The Morgan fingerprint density at radius 1 is 1.19 bits per heavy atom. The van der Waals surface area contributed by atoms with Gasteiger partial charge in [-0.1, -0.05) is 25.0 Å². The van der Waals surface area contributed by atoms with Gasteiger partial charge in [-0.2, -0.15) is 0 Å². The van der Waals surface area contributed by atoms with Crippen molar-refractivity contribution in [3.05, 3.63) is 29.8 Å². The molecule has 2 aliphatic rings. The highest BCUT2D eigenvalue weighted by Gasteiger charge is 2.46. The number of hydrogen-bond donors (Lipinski definition) is 2. The van der Waals surface area contributed by atoms with Crippen LogP contribution in [0.5, 0.6) is 5.75 Å². The fraction of sp³-hybridized carbons (Fsp3) is 0.650. The monoisotopic (exact) mass is 364 g/mol. The van der Waals surface area contributed by atoms with Crippen LogP contribution in [-0.2, 0) is 19.9 Å². The van der Waals surface area contributed by atoms with Crippen LogP contribution < -0.4 is 4.74 Å². The second-order valence-corrected chi connectivity index (χ2v) is 7.10. The predicted octanol–water partition coefficient (Wildman–Crippen LogP) is 3.07. The van der Waals surface area contributed by atoms with Crippen molar-refractivity contribution in [3.63, 3.8) is 0 Å². The molecule has 1 saturated heterocycles. The van der Waals surface area contributed by atoms with E-state index in [-0.39, 0.29) is 12.2 Å². The molecule has 26 heavy (non-hydrogen) atoms. The van der Waals surface area contributed by atoms with Crippen LogP contribution in [0.2, 0.25) is 0 Å². The van der Waals surface area contributed by atoms with E-state index >= 15 is 0 Å². The average Bonchev–Trinajstić information content (AvgIpc) is 3.35. The highest BCUT2D eigenvalue weighted by molar-refractivity contribution is 5.79. The third kappa shape index (κ3) is 4.37. The number of benzene rings is 1. The SMILES string of the molecule is O=C(O)C(O)(c1cccc(OCCCCC2OCCO2)c1)C1CCCC1. The molecule has 1 aliphatic carbocycles. The summed E-state index contributed by atoms with van der Waals surface area (Å²) in [5.41, 5.74) is -1.44. The summed E-state index contributed by atoms with van der Waals surface area (Å²) in [6.45, 7) is 1.87. The number of aliphatic carboxylic acids is 1. The van der Waals surface area contributed by atoms with Gasteiger partial charge in [0.15, 0.2) is 11.9 Å². The summed E-state index contributed by atoms with van der Waals surface area (Å²) in [5.74, 6) is -0.840. The van der Waals surface area contributed by atoms with Gasteiger partial charge in [0.05, 0.1) is 19.8 Å². The maximum Gasteiger partial charge on any atom is 0.340 e. The number of ether oxygens (including phenoxy) is 3. The van der Waals surface area contributed by atoms with Gasteiger partial charge >= 0.3 is 5.97 Å². The molecular weight excluding hydrogens is 336 g/mol. The second kappa shape index (κ2) is 8.84. The molecule has 2 fully saturated rings. The van der Waals surface area contributed by atoms with Gasteiger partial charge in [0.1, 0.15) is 5.75 Å². The molecule has 0 bridgehead atoms. The van der Waals surface area contributed by atoms with Crippen molar-refractivity contribution in [2.75, 3.05) is 19.8 Å². The Labute approximate surface area is 154 Å². The first-order valence-corrected chi connectivity index (χ1v) is 9.53. The van der Waals surface area contributed by atoms with Gasteiger partial charge in [-0.15, -0.1) is 0 Å². The third-order valence-electron chi connectivity index (χ3n) is 5.34. The van der Waals surface area contributed by atoms with E-state index in [2.05, 4.69) is 0 Å². The molecule has 1 atom stereocenters. The molecule has 6 nitrogen and oxygen atoms in total. The maximum atomic E-state index is 11.8. The summed E-state index contributed by atoms with van der Waals surface area (Å²) < 4.78 is 16.6. The van der Waals surface area contributed by atoms with Crippen LogP contribution in [0.25, 0.3) is 0 Å². The van der Waals surface area contributed by atoms with Gasteiger partial charge in [-0.3, -0.25) is 0 Å². The summed E-state index contributed by atoms with van der Waals surface area (Å²) in [6.07, 6.45) is 5.96. The van der Waals surface area contributed by atoms with Crippen molar-refractivity contribution in [2.45, 2.75) is 56.8 Å². The highest BCUT2D eigenvalue weighted by atomic mass is 16.7. The molecule has 0 spiro atoms. The van der Waals surface area contributed by atoms with Crippen molar-refractivity contribution in [2.24, 2.45) is 5.92 Å². The second-order valence-electron chi connectivity index (χ2n) is 7.10. The van der Waals surface area contributed by atoms with Crippen LogP contribution in [0.1, 0.15) is 50.5 Å². The molecule has 1 aromatic rings. The molecule has 0 aromatic heterocycles. The molecule has 0 amide bonds. The van der Waals surface area contributed by atoms with Gasteiger partial charge in [-0.05, 0) is 49.8 Å². The molecular formula is C20H28O6. The lowest BCUT2D eigenvalue weighted by atomic mass is 9.80. The molecule has 1 aromatic carbocycles. The van der Waals surface area contributed by atoms with Crippen molar-refractivity contribution in [1.29, 1.82) is 0 Å². The van der Waals surface area contributed by atoms with E-state index in [4.69, 9.17) is 14.2 Å². The van der Waals surface area contributed by atoms with E-state index < -0.39 is 11.6 Å². The minimum absolute atomic E-state index is 0.0877. The Morgan fingerprint density at radius 2 is 1.92 bits per heavy atom. The topological polar surface area (TPSA) is 85.2 Å². The van der Waals surface area contributed by atoms with E-state index in [1.54, 1.807) is 24.3 Å². The fourth-order valence-corrected chi connectivity index (χ4v) is 3.88. The Balaban J connectivity index is 1.55. The number of carboxylic acid groups (broad SMARTS) is 1. The molecule has 1 unspecified atom stereocenters. The quantitative estimate of drug-likeness (QED) is 0.655. The third-order valence-corrected chi connectivity index (χ3v) is 5.34. The molecule has 1 saturated carbocycles. The van der Waals surface area contributed by atoms with E-state index in [0.29, 0.717) is 31.1 Å². The van der Waals surface area contributed by atoms with Crippen molar-refractivity contribution >= 4 is 5.97 Å². The highest BCUT2D eigenvalue weighted by Crippen LogP contribution is 2.41. The Hall–Kier alpha value is -1.63. The molecule has 1 aliphatic heterocycles. The standard InChI is InChI=1S/C20H28O6/c21-19(22)20(23,15-6-1-2-7-15)16-8-5-9-17(14-16)24-11-4-3-10-18-25-12-13-26-18/h5,8-9,14-15,18,23H,1-4,6-7,10-13H2,(H,21,22). The molecule has 2 N–H and O–H groups in total. The molecule has 1 heterocycles. The van der Waals surface area contributed by atoms with E-state index in [0.717, 1.165) is 44.9 Å². The lowest BCUT2D eigenvalue weighted by molar-refractivity contribution is -0.166. The smallest absolute Gasteiger partial charge is 0.340 e. The average molecular weight is 364 g/mol. The summed E-state index contributed by atoms with van der Waals surface area (Å²) in [7, 11) is 0. The van der Waals surface area contributed by atoms with Crippen LogP contribution in [-0.4, -0.2) is 42.3 Å². The van der Waals surface area contributed by atoms with Crippen LogP contribution >= 0.6 is 0 Å². The summed E-state index contributed by atoms with van der Waals surface area (Å²) in [4.78, 5) is 11.8. The van der Waals surface area contributed by atoms with E-state index in [9.17, 15) is 15.0 Å². The zero-order valence-corrected chi connectivity index (χ0v) is 15.1. The number of carbonyl (C=O) groups is 1. The molecule has 6 heteroatoms. The Morgan fingerprint density at radius 3 is 2.62 bits per heavy atom. The number of carboxylic acids is 1. The number of aliphatic hydroxyl groups is 1. The minimum atomic E-state index is -1.84. The largest absolute Gasteiger partial charge is 0.494 e. The number of hydrogen-bond acceptors (Lipinski definition) is 5. The predicted molar refractivity (Wildman–Crippen MR) is 95.0 cm³/mol. The van der Waals surface area contributed by atoms with Gasteiger partial charge in [-0.25, -0.2) is 4.79 Å². The Bertz CT molecular complexity index is 592. The summed E-state index contributed by atoms with van der Waals surface area (Å²) >= 11 is 0. The first kappa shape index (κ1) is 19.1. The van der Waals surface area contributed by atoms with Crippen molar-refractivity contribution in [1.82, 2.24) is 0 Å². The van der Waals surface area contributed by atoms with Gasteiger partial charge < -0.3 is 24.4 Å². The van der Waals surface area contributed by atoms with Crippen LogP contribution in [0.3, 0.4) is 0 Å². The molecule has 0 radical (unpaired) electrons. The zero-order chi connectivity index (χ0) is 18.4. The molecule has 144 valence electrons. The number of rotatable bonds is 9. The lowest BCUT2D eigenvalue weighted by Gasteiger charge is -2.30. The normalized spacial score (nSPS) is 21.0. The van der Waals surface area contributed by atoms with Crippen LogP contribution in [0, 0.1) is 5.92 Å². The lowest BCUT2D eigenvalue weighted by Crippen LogP contribution is -2.42. The zero-order valence-electron chi connectivity index (χ0n) is 15.1. The maximum absolute atomic E-state index is 11.8. The van der Waals surface area contributed by atoms with E-state index in [1.165, 1.54) is 0 Å². The van der Waals surface area contributed by atoms with Crippen LogP contribution in [0.4, 0.5) is 0 Å². The van der Waals surface area contributed by atoms with E-state index in [1.807, 2.05) is 0 Å².